The number of phenolic OH excluding ortho intramolecular Hbond substituents is 1. The predicted octanol–water partition coefficient (Wildman–Crippen LogP) is 3.11. The number of nitrogens with one attached hydrogen (secondary N) is 1. The monoisotopic (exact) mass is 289 g/mol. The van der Waals surface area contributed by atoms with E-state index in [0.717, 1.165) is 23.1 Å². The molecule has 1 aliphatic rings. The van der Waals surface area contributed by atoms with E-state index >= 15 is 0 Å². The number of benzene rings is 2. The molecule has 0 spiro atoms. The van der Waals surface area contributed by atoms with Crippen LogP contribution in [0, 0.1) is 5.82 Å². The van der Waals surface area contributed by atoms with Crippen LogP contribution in [0.1, 0.15) is 24.1 Å². The molecule has 1 atom stereocenters. The van der Waals surface area contributed by atoms with Crippen molar-refractivity contribution in [3.8, 4) is 17.2 Å². The molecule has 0 bridgehead atoms. The highest BCUT2D eigenvalue weighted by atomic mass is 19.1. The van der Waals surface area contributed by atoms with Crippen LogP contribution in [0.2, 0.25) is 0 Å². The molecule has 1 unspecified atom stereocenters. The molecule has 5 heteroatoms. The third-order valence-electron chi connectivity index (χ3n) is 3.51. The molecule has 0 saturated carbocycles. The van der Waals surface area contributed by atoms with Gasteiger partial charge >= 0.3 is 0 Å². The van der Waals surface area contributed by atoms with Gasteiger partial charge in [0.15, 0.2) is 11.5 Å². The first-order valence-corrected chi connectivity index (χ1v) is 6.74. The van der Waals surface area contributed by atoms with Gasteiger partial charge in [0.05, 0.1) is 0 Å². The molecule has 21 heavy (non-hydrogen) atoms. The Bertz CT molecular complexity index is 660. The Balaban J connectivity index is 1.67. The van der Waals surface area contributed by atoms with Gasteiger partial charge in [-0.2, -0.15) is 0 Å². The minimum absolute atomic E-state index is 0.0410. The van der Waals surface area contributed by atoms with E-state index in [1.165, 1.54) is 6.07 Å². The number of rotatable bonds is 4. The van der Waals surface area contributed by atoms with Gasteiger partial charge in [-0.05, 0) is 30.7 Å². The lowest BCUT2D eigenvalue weighted by Gasteiger charge is -2.16. The van der Waals surface area contributed by atoms with Crippen LogP contribution in [-0.2, 0) is 6.54 Å². The van der Waals surface area contributed by atoms with E-state index in [2.05, 4.69) is 5.32 Å². The number of aromatic hydroxyl groups is 1. The molecule has 110 valence electrons. The minimum atomic E-state index is -0.445. The SMILES string of the molecule is CC(NCc1ccc2c(c1)OCO2)c1ccc(F)cc1O. The zero-order valence-corrected chi connectivity index (χ0v) is 11.6. The fourth-order valence-electron chi connectivity index (χ4n) is 2.31. The van der Waals surface area contributed by atoms with Gasteiger partial charge in [0.2, 0.25) is 6.79 Å². The van der Waals surface area contributed by atoms with Crippen molar-refractivity contribution in [1.29, 1.82) is 0 Å². The van der Waals surface area contributed by atoms with Crippen molar-refractivity contribution < 1.29 is 19.0 Å². The van der Waals surface area contributed by atoms with Gasteiger partial charge in [0.25, 0.3) is 0 Å². The topological polar surface area (TPSA) is 50.7 Å². The van der Waals surface area contributed by atoms with Crippen LogP contribution >= 0.6 is 0 Å². The summed E-state index contributed by atoms with van der Waals surface area (Å²) in [6.07, 6.45) is 0. The molecule has 2 aromatic rings. The van der Waals surface area contributed by atoms with Crippen molar-refractivity contribution >= 4 is 0 Å². The highest BCUT2D eigenvalue weighted by Gasteiger charge is 2.14. The molecule has 0 saturated heterocycles. The van der Waals surface area contributed by atoms with E-state index in [0.29, 0.717) is 12.1 Å². The van der Waals surface area contributed by atoms with Gasteiger partial charge in [-0.3, -0.25) is 0 Å². The lowest BCUT2D eigenvalue weighted by molar-refractivity contribution is 0.174. The van der Waals surface area contributed by atoms with Crippen LogP contribution in [-0.4, -0.2) is 11.9 Å². The summed E-state index contributed by atoms with van der Waals surface area (Å²) in [6.45, 7) is 2.78. The standard InChI is InChI=1S/C16H16FNO3/c1-10(13-4-3-12(17)7-14(13)19)18-8-11-2-5-15-16(6-11)21-9-20-15/h2-7,10,18-19H,8-9H2,1H3. The molecule has 0 aromatic heterocycles. The summed E-state index contributed by atoms with van der Waals surface area (Å²) in [5.41, 5.74) is 1.71. The van der Waals surface area contributed by atoms with E-state index in [1.54, 1.807) is 6.07 Å². The van der Waals surface area contributed by atoms with Crippen LogP contribution < -0.4 is 14.8 Å². The Morgan fingerprint density at radius 1 is 1.19 bits per heavy atom. The summed E-state index contributed by atoms with van der Waals surface area (Å²) in [4.78, 5) is 0. The summed E-state index contributed by atoms with van der Waals surface area (Å²) in [5.74, 6) is 1.01. The lowest BCUT2D eigenvalue weighted by atomic mass is 10.1. The van der Waals surface area contributed by atoms with Crippen LogP contribution in [0.25, 0.3) is 0 Å². The van der Waals surface area contributed by atoms with Crippen LogP contribution in [0.5, 0.6) is 17.2 Å². The molecular weight excluding hydrogens is 273 g/mol. The maximum absolute atomic E-state index is 13.0. The van der Waals surface area contributed by atoms with E-state index < -0.39 is 5.82 Å². The lowest BCUT2D eigenvalue weighted by Crippen LogP contribution is -2.18. The molecule has 0 amide bonds. The number of halogens is 1. The van der Waals surface area contributed by atoms with Crippen LogP contribution in [0.4, 0.5) is 4.39 Å². The first-order chi connectivity index (χ1) is 10.1. The quantitative estimate of drug-likeness (QED) is 0.908. The Morgan fingerprint density at radius 3 is 2.81 bits per heavy atom. The predicted molar refractivity (Wildman–Crippen MR) is 75.9 cm³/mol. The second-order valence-electron chi connectivity index (χ2n) is 4.99. The number of hydrogen-bond donors (Lipinski definition) is 2. The van der Waals surface area contributed by atoms with Gasteiger partial charge in [-0.1, -0.05) is 12.1 Å². The summed E-state index contributed by atoms with van der Waals surface area (Å²) in [5, 5.41) is 13.1. The first-order valence-electron chi connectivity index (χ1n) is 6.74. The normalized spacial score (nSPS) is 14.2. The zero-order valence-electron chi connectivity index (χ0n) is 11.6. The summed E-state index contributed by atoms with van der Waals surface area (Å²) >= 11 is 0. The van der Waals surface area contributed by atoms with Crippen molar-refractivity contribution in [2.24, 2.45) is 0 Å². The summed E-state index contributed by atoms with van der Waals surface area (Å²) in [7, 11) is 0. The highest BCUT2D eigenvalue weighted by Crippen LogP contribution is 2.32. The maximum Gasteiger partial charge on any atom is 0.231 e. The summed E-state index contributed by atoms with van der Waals surface area (Å²) < 4.78 is 23.6. The Kier molecular flexibility index (Phi) is 3.66. The third kappa shape index (κ3) is 2.92. The van der Waals surface area contributed by atoms with Crippen molar-refractivity contribution in [2.75, 3.05) is 6.79 Å². The number of hydrogen-bond acceptors (Lipinski definition) is 4. The molecule has 4 nitrogen and oxygen atoms in total. The van der Waals surface area contributed by atoms with Gasteiger partial charge in [0, 0.05) is 24.2 Å². The largest absolute Gasteiger partial charge is 0.508 e. The molecule has 1 heterocycles. The second kappa shape index (κ2) is 5.61. The van der Waals surface area contributed by atoms with Crippen molar-refractivity contribution in [3.63, 3.8) is 0 Å². The van der Waals surface area contributed by atoms with Gasteiger partial charge in [0.1, 0.15) is 11.6 Å². The molecule has 2 N–H and O–H groups in total. The van der Waals surface area contributed by atoms with E-state index in [1.807, 2.05) is 25.1 Å². The van der Waals surface area contributed by atoms with Gasteiger partial charge < -0.3 is 19.9 Å². The molecule has 0 aliphatic carbocycles. The van der Waals surface area contributed by atoms with Gasteiger partial charge in [-0.25, -0.2) is 4.39 Å². The second-order valence-corrected chi connectivity index (χ2v) is 4.99. The van der Waals surface area contributed by atoms with E-state index in [-0.39, 0.29) is 18.6 Å². The number of phenols is 1. The molecular formula is C16H16FNO3. The first kappa shape index (κ1) is 13.7. The fraction of sp³-hybridized carbons (Fsp3) is 0.250. The molecule has 3 rings (SSSR count). The third-order valence-corrected chi connectivity index (χ3v) is 3.51. The van der Waals surface area contributed by atoms with Crippen LogP contribution in [0.3, 0.4) is 0 Å². The van der Waals surface area contributed by atoms with Crippen molar-refractivity contribution in [1.82, 2.24) is 5.32 Å². The minimum Gasteiger partial charge on any atom is -0.508 e. The average Bonchev–Trinajstić information content (AvgIpc) is 2.92. The van der Waals surface area contributed by atoms with Crippen molar-refractivity contribution in [3.05, 3.63) is 53.3 Å². The number of fused-ring (bicyclic) bond motifs is 1. The molecule has 1 aliphatic heterocycles. The zero-order chi connectivity index (χ0) is 14.8. The average molecular weight is 289 g/mol. The van der Waals surface area contributed by atoms with E-state index in [9.17, 15) is 9.50 Å². The van der Waals surface area contributed by atoms with Gasteiger partial charge in [-0.15, -0.1) is 0 Å². The Labute approximate surface area is 122 Å². The summed E-state index contributed by atoms with van der Waals surface area (Å²) in [6, 6.07) is 9.70. The van der Waals surface area contributed by atoms with Crippen LogP contribution in [0.15, 0.2) is 36.4 Å². The Hall–Kier alpha value is -2.27. The molecule has 2 aromatic carbocycles. The maximum atomic E-state index is 13.0. The Morgan fingerprint density at radius 2 is 2.00 bits per heavy atom. The van der Waals surface area contributed by atoms with E-state index in [4.69, 9.17) is 9.47 Å². The highest BCUT2D eigenvalue weighted by molar-refractivity contribution is 5.44. The number of ether oxygens (including phenoxy) is 2. The van der Waals surface area contributed by atoms with Crippen molar-refractivity contribution in [2.45, 2.75) is 19.5 Å². The molecule has 0 radical (unpaired) electrons. The molecule has 0 fully saturated rings. The fourth-order valence-corrected chi connectivity index (χ4v) is 2.31. The smallest absolute Gasteiger partial charge is 0.231 e.